The van der Waals surface area contributed by atoms with Gasteiger partial charge in [-0.2, -0.15) is 10.2 Å². The van der Waals surface area contributed by atoms with E-state index in [9.17, 15) is 10.1 Å². The highest BCUT2D eigenvalue weighted by Crippen LogP contribution is 2.69. The number of epoxide rings is 1. The lowest BCUT2D eigenvalue weighted by Gasteiger charge is -2.43. The van der Waals surface area contributed by atoms with E-state index in [0.29, 0.717) is 17.1 Å². The van der Waals surface area contributed by atoms with Crippen molar-refractivity contribution in [3.05, 3.63) is 118 Å². The van der Waals surface area contributed by atoms with Crippen LogP contribution in [0.5, 0.6) is 11.5 Å². The van der Waals surface area contributed by atoms with Crippen molar-refractivity contribution in [1.29, 1.82) is 5.26 Å². The molecule has 7 rings (SSSR count). The molecule has 2 aliphatic heterocycles. The molecule has 3 aliphatic rings. The van der Waals surface area contributed by atoms with Crippen molar-refractivity contribution < 1.29 is 37.1 Å². The van der Waals surface area contributed by atoms with Crippen molar-refractivity contribution in [3.8, 4) is 17.6 Å². The second kappa shape index (κ2) is 17.9. The first-order chi connectivity index (χ1) is 29.2. The predicted octanol–water partition coefficient (Wildman–Crippen LogP) is 7.56. The van der Waals surface area contributed by atoms with Gasteiger partial charge in [0, 0.05) is 44.4 Å². The molecule has 0 radical (unpaired) electrons. The number of hydrogen-bond acceptors (Lipinski definition) is 12. The van der Waals surface area contributed by atoms with Crippen LogP contribution in [0.15, 0.2) is 94.8 Å². The van der Waals surface area contributed by atoms with Crippen LogP contribution in [0.2, 0.25) is 0 Å². The number of aryl methyl sites for hydroxylation is 1. The van der Waals surface area contributed by atoms with Crippen molar-refractivity contribution in [3.63, 3.8) is 0 Å². The summed E-state index contributed by atoms with van der Waals surface area (Å²) in [6.07, 6.45) is -2.23. The molecule has 0 bridgehead atoms. The smallest absolute Gasteiger partial charge is 0.351 e. The first kappa shape index (κ1) is 44.3. The Morgan fingerprint density at radius 2 is 1.59 bits per heavy atom. The topological polar surface area (TPSA) is 145 Å². The zero-order valence-corrected chi connectivity index (χ0v) is 36.9. The minimum absolute atomic E-state index is 0.00226. The first-order valence-electron chi connectivity index (χ1n) is 20.3. The van der Waals surface area contributed by atoms with Gasteiger partial charge in [-0.1, -0.05) is 54.6 Å². The summed E-state index contributed by atoms with van der Waals surface area (Å²) >= 11 is 0. The van der Waals surface area contributed by atoms with E-state index in [1.165, 1.54) is 12.5 Å². The molecule has 1 aliphatic carbocycles. The van der Waals surface area contributed by atoms with E-state index in [4.69, 9.17) is 32.7 Å². The Balaban J connectivity index is 1.41. The highest BCUT2D eigenvalue weighted by molar-refractivity contribution is 7.44. The van der Waals surface area contributed by atoms with Crippen molar-refractivity contribution in [2.45, 2.75) is 101 Å². The van der Waals surface area contributed by atoms with Gasteiger partial charge in [0.25, 0.3) is 8.53 Å². The summed E-state index contributed by atoms with van der Waals surface area (Å²) < 4.78 is 67.0. The third-order valence-corrected chi connectivity index (χ3v) is 13.4. The summed E-state index contributed by atoms with van der Waals surface area (Å²) in [6, 6.07) is 26.8. The van der Waals surface area contributed by atoms with Gasteiger partial charge in [-0.25, -0.2) is 18.8 Å². The number of aromatic nitrogens is 2. The number of methoxy groups -OCH3 is 2. The molecule has 61 heavy (non-hydrogen) atoms. The molecule has 14 nitrogen and oxygen atoms in total. The van der Waals surface area contributed by atoms with Crippen LogP contribution in [0.25, 0.3) is 0 Å². The Morgan fingerprint density at radius 3 is 2.13 bits per heavy atom. The van der Waals surface area contributed by atoms with Gasteiger partial charge in [-0.3, -0.25) is 4.57 Å². The Hall–Kier alpha value is -4.78. The van der Waals surface area contributed by atoms with Gasteiger partial charge in [0.2, 0.25) is 5.79 Å². The predicted molar refractivity (Wildman–Crippen MR) is 229 cm³/mol. The van der Waals surface area contributed by atoms with Crippen LogP contribution in [-0.4, -0.2) is 102 Å². The summed E-state index contributed by atoms with van der Waals surface area (Å²) in [4.78, 5) is 24.2. The van der Waals surface area contributed by atoms with Crippen molar-refractivity contribution in [2.75, 3.05) is 34.9 Å². The van der Waals surface area contributed by atoms with Gasteiger partial charge < -0.3 is 37.6 Å². The molecule has 16 heteroatoms. The number of alkyl halides is 1. The molecule has 7 atom stereocenters. The summed E-state index contributed by atoms with van der Waals surface area (Å²) in [7, 11) is 4.80. The highest BCUT2D eigenvalue weighted by atomic mass is 31.2. The van der Waals surface area contributed by atoms with Gasteiger partial charge in [0.05, 0.1) is 39.7 Å². The molecule has 4 aromatic rings. The molecule has 1 aromatic heterocycles. The van der Waals surface area contributed by atoms with Crippen LogP contribution < -0.4 is 15.2 Å². The largest absolute Gasteiger partial charge is 0.497 e. The molecular formula is C45H54FN6O8P. The van der Waals surface area contributed by atoms with E-state index in [0.717, 1.165) is 21.3 Å². The maximum atomic E-state index is 18.2. The number of nitrogens with zero attached hydrogens (tertiary/aromatic N) is 6. The van der Waals surface area contributed by atoms with Crippen molar-refractivity contribution in [2.24, 2.45) is 4.99 Å². The monoisotopic (exact) mass is 856 g/mol. The fraction of sp³-hybridized carbons (Fsp3) is 0.467. The Morgan fingerprint density at radius 1 is 1.00 bits per heavy atom. The van der Waals surface area contributed by atoms with Gasteiger partial charge in [-0.15, -0.1) is 0 Å². The number of hydrogen-bond donors (Lipinski definition) is 0. The minimum Gasteiger partial charge on any atom is -0.497 e. The molecule has 0 N–H and O–H groups in total. The van der Waals surface area contributed by atoms with Crippen LogP contribution in [-0.2, 0) is 28.9 Å². The summed E-state index contributed by atoms with van der Waals surface area (Å²) in [5, 5.41) is 9.47. The quantitative estimate of drug-likeness (QED) is 0.0243. The second-order valence-corrected chi connectivity index (χ2v) is 17.6. The Bertz CT molecular complexity index is 2220. The number of rotatable bonds is 18. The second-order valence-electron chi connectivity index (χ2n) is 16.2. The molecule has 3 fully saturated rings. The molecule has 0 spiro atoms. The normalized spacial score (nSPS) is 24.9. The van der Waals surface area contributed by atoms with Crippen LogP contribution in [0.1, 0.15) is 69.0 Å². The molecule has 2 saturated heterocycles. The summed E-state index contributed by atoms with van der Waals surface area (Å²) in [5.74, 6) is -0.116. The molecule has 0 amide bonds. The fourth-order valence-corrected chi connectivity index (χ4v) is 10.3. The van der Waals surface area contributed by atoms with E-state index in [2.05, 4.69) is 16.0 Å². The molecular weight excluding hydrogens is 803 g/mol. The minimum atomic E-state index is -2.01. The third-order valence-electron chi connectivity index (χ3n) is 11.2. The SMILES string of the molecule is COc1ccc(C(O[C@]23O[C@H]2C[C@]2(OP(OCCC#N)N(C(C)C)C(C)C)[C@@H](F)[C@H](n4cc(C)c(N=CN(C)C)nc4=O)O[C@@H]23)(c2ccccc2)c2ccc(OC)cc2)cc1. The zero-order chi connectivity index (χ0) is 43.7. The van der Waals surface area contributed by atoms with Crippen LogP contribution >= 0.6 is 8.53 Å². The Kier molecular flexibility index (Phi) is 13.0. The first-order valence-corrected chi connectivity index (χ1v) is 21.5. The molecule has 1 unspecified atom stereocenters. The fourth-order valence-electron chi connectivity index (χ4n) is 8.45. The van der Waals surface area contributed by atoms with Gasteiger partial charge >= 0.3 is 5.69 Å². The number of halogens is 1. The van der Waals surface area contributed by atoms with Gasteiger partial charge in [0.15, 0.2) is 18.2 Å². The summed E-state index contributed by atoms with van der Waals surface area (Å²) in [5.41, 5.74) is -1.14. The summed E-state index contributed by atoms with van der Waals surface area (Å²) in [6.45, 7) is 9.84. The van der Waals surface area contributed by atoms with Crippen molar-refractivity contribution >= 4 is 20.7 Å². The van der Waals surface area contributed by atoms with E-state index >= 15 is 4.39 Å². The average Bonchev–Trinajstić information content (AvgIpc) is 3.75. The highest BCUT2D eigenvalue weighted by Gasteiger charge is 2.85. The zero-order valence-electron chi connectivity index (χ0n) is 36.0. The maximum Gasteiger partial charge on any atom is 0.351 e. The third kappa shape index (κ3) is 8.19. The molecule has 3 heterocycles. The molecule has 324 valence electrons. The van der Waals surface area contributed by atoms with Crippen LogP contribution in [0, 0.1) is 18.3 Å². The molecule has 3 aromatic carbocycles. The van der Waals surface area contributed by atoms with E-state index in [1.54, 1.807) is 40.1 Å². The lowest BCUT2D eigenvalue weighted by Crippen LogP contribution is -2.53. The average molecular weight is 857 g/mol. The van der Waals surface area contributed by atoms with Crippen molar-refractivity contribution in [1.82, 2.24) is 19.1 Å². The van der Waals surface area contributed by atoms with Crippen LogP contribution in [0.4, 0.5) is 10.2 Å². The number of nitriles is 1. The van der Waals surface area contributed by atoms with E-state index in [1.807, 2.05) is 111 Å². The number of fused-ring (bicyclic) bond motifs is 3. The van der Waals surface area contributed by atoms with Gasteiger partial charge in [0.1, 0.15) is 34.9 Å². The Labute approximate surface area is 357 Å². The number of benzene rings is 3. The molecule has 1 saturated carbocycles. The van der Waals surface area contributed by atoms with E-state index < -0.39 is 55.8 Å². The number of ether oxygens (including phenoxy) is 5. The van der Waals surface area contributed by atoms with Crippen LogP contribution in [0.3, 0.4) is 0 Å². The standard InChI is InChI=1S/C45H54FN6O8P/c1-29(2)52(30(3)4)61(56-25-13-24-47)60-43-26-37-45(58-37,41(43)57-40(38(43)46)51-27-31(5)39(49-42(51)53)48-28-50(6)7)59-44(32-14-11-10-12-15-32,33-16-20-35(54-8)21-17-33)34-18-22-36(55-9)23-19-34/h10-12,14-23,27-30,37-38,40-41H,13,25-26H2,1-9H3/t37-,38-,40+,41-,43-,45+,61?/m0/s1. The van der Waals surface area contributed by atoms with Gasteiger partial charge in [-0.05, 0) is 75.6 Å². The lowest BCUT2D eigenvalue weighted by atomic mass is 9.79. The van der Waals surface area contributed by atoms with E-state index in [-0.39, 0.29) is 37.4 Å². The lowest BCUT2D eigenvalue weighted by molar-refractivity contribution is -0.209. The maximum absolute atomic E-state index is 18.2. The number of aliphatic imine (C=N–C) groups is 1.